The molecule has 5 nitrogen and oxygen atoms in total. The van der Waals surface area contributed by atoms with E-state index in [-0.39, 0.29) is 23.1 Å². The lowest BCUT2D eigenvalue weighted by Crippen LogP contribution is -2.56. The van der Waals surface area contributed by atoms with Crippen LogP contribution in [-0.4, -0.2) is 30.6 Å². The van der Waals surface area contributed by atoms with Crippen LogP contribution in [0.25, 0.3) is 0 Å². The van der Waals surface area contributed by atoms with Crippen molar-refractivity contribution in [3.63, 3.8) is 0 Å². The van der Waals surface area contributed by atoms with Crippen molar-refractivity contribution in [2.45, 2.75) is 42.7 Å². The molecule has 2 unspecified atom stereocenters. The van der Waals surface area contributed by atoms with Gasteiger partial charge >= 0.3 is 0 Å². The molecular formula is C15H17ClN2O3S. The number of sulfonamides is 1. The third kappa shape index (κ3) is 2.45. The van der Waals surface area contributed by atoms with Gasteiger partial charge in [0.25, 0.3) is 0 Å². The zero-order chi connectivity index (χ0) is 15.9. The molecule has 7 heteroatoms. The number of rotatable bonds is 2. The first-order chi connectivity index (χ1) is 10.4. The van der Waals surface area contributed by atoms with Gasteiger partial charge in [-0.05, 0) is 43.5 Å². The van der Waals surface area contributed by atoms with E-state index in [0.717, 1.165) is 6.42 Å². The van der Waals surface area contributed by atoms with E-state index in [9.17, 15) is 13.2 Å². The lowest BCUT2D eigenvalue weighted by atomic mass is 9.83. The topological polar surface area (TPSA) is 80.5 Å². The molecule has 0 aliphatic carbocycles. The molecule has 2 heterocycles. The average Bonchev–Trinajstić information content (AvgIpc) is 2.47. The van der Waals surface area contributed by atoms with Crippen LogP contribution in [0.5, 0.6) is 0 Å². The third-order valence-corrected chi connectivity index (χ3v) is 6.58. The number of fused-ring (bicyclic) bond motifs is 2. The lowest BCUT2D eigenvalue weighted by Gasteiger charge is -2.45. The Morgan fingerprint density at radius 2 is 1.91 bits per heavy atom. The second-order valence-corrected chi connectivity index (χ2v) is 7.92. The third-order valence-electron chi connectivity index (χ3n) is 4.35. The zero-order valence-corrected chi connectivity index (χ0v) is 13.5. The summed E-state index contributed by atoms with van der Waals surface area (Å²) in [5.41, 5.74) is 5.98. The fourth-order valence-electron chi connectivity index (χ4n) is 3.35. The monoisotopic (exact) mass is 340 g/mol. The van der Waals surface area contributed by atoms with Gasteiger partial charge in [0.15, 0.2) is 5.78 Å². The molecule has 1 aromatic carbocycles. The van der Waals surface area contributed by atoms with Gasteiger partial charge in [-0.15, -0.1) is 0 Å². The molecule has 2 fully saturated rings. The van der Waals surface area contributed by atoms with Crippen LogP contribution in [0.1, 0.15) is 25.7 Å². The summed E-state index contributed by atoms with van der Waals surface area (Å²) in [4.78, 5) is 12.3. The summed E-state index contributed by atoms with van der Waals surface area (Å²) in [7, 11) is -3.68. The molecule has 2 saturated heterocycles. The van der Waals surface area contributed by atoms with Crippen molar-refractivity contribution in [2.24, 2.45) is 5.73 Å². The number of carbonyl (C=O) groups excluding carboxylic acids is 1. The molecule has 22 heavy (non-hydrogen) atoms. The van der Waals surface area contributed by atoms with E-state index >= 15 is 0 Å². The summed E-state index contributed by atoms with van der Waals surface area (Å²) in [5, 5.41) is 0.482. The molecule has 0 spiro atoms. The Kier molecular flexibility index (Phi) is 4.01. The predicted octanol–water partition coefficient (Wildman–Crippen LogP) is 2.07. The van der Waals surface area contributed by atoms with Crippen LogP contribution in [0.4, 0.5) is 0 Å². The minimum Gasteiger partial charge on any atom is -0.404 e. The van der Waals surface area contributed by atoms with Gasteiger partial charge in [-0.3, -0.25) is 4.79 Å². The second kappa shape index (κ2) is 5.68. The number of nitrogens with zero attached hydrogens (tertiary/aromatic N) is 1. The van der Waals surface area contributed by atoms with Crippen LogP contribution in [0.15, 0.2) is 40.9 Å². The maximum atomic E-state index is 13.0. The van der Waals surface area contributed by atoms with Crippen molar-refractivity contribution in [1.29, 1.82) is 0 Å². The number of carbonyl (C=O) groups is 1. The highest BCUT2D eigenvalue weighted by molar-refractivity contribution is 7.89. The van der Waals surface area contributed by atoms with E-state index in [0.29, 0.717) is 23.4 Å². The van der Waals surface area contributed by atoms with Crippen molar-refractivity contribution in [3.05, 3.63) is 41.1 Å². The Labute approximate surface area is 134 Å². The Morgan fingerprint density at radius 1 is 1.23 bits per heavy atom. The second-order valence-electron chi connectivity index (χ2n) is 5.64. The molecule has 2 atom stereocenters. The first kappa shape index (κ1) is 15.5. The molecule has 2 aliphatic rings. The summed E-state index contributed by atoms with van der Waals surface area (Å²) in [6.07, 6.45) is 3.68. The standard InChI is InChI=1S/C15H17ClN2O3S/c16-10-4-6-12(7-5-10)22(20,21)18-11-2-1-3-14(18)13(9-17)15(19)8-11/h4-7,9,11,14H,1-3,8,17H2. The number of benzene rings is 1. The Hall–Kier alpha value is -1.37. The number of hydrogen-bond acceptors (Lipinski definition) is 4. The smallest absolute Gasteiger partial charge is 0.243 e. The van der Waals surface area contributed by atoms with Gasteiger partial charge in [0.1, 0.15) is 0 Å². The largest absolute Gasteiger partial charge is 0.404 e. The van der Waals surface area contributed by atoms with Crippen molar-refractivity contribution in [2.75, 3.05) is 0 Å². The highest BCUT2D eigenvalue weighted by Crippen LogP contribution is 2.39. The molecule has 0 radical (unpaired) electrons. The Morgan fingerprint density at radius 3 is 2.55 bits per heavy atom. The molecule has 1 aromatic rings. The number of Topliss-reactive ketones (excluding diaryl/α,β-unsaturated/α-hetero) is 1. The molecule has 118 valence electrons. The Bertz CT molecular complexity index is 728. The molecular weight excluding hydrogens is 324 g/mol. The maximum Gasteiger partial charge on any atom is 0.243 e. The van der Waals surface area contributed by atoms with Crippen molar-refractivity contribution >= 4 is 27.4 Å². The molecule has 0 saturated carbocycles. The number of halogens is 1. The highest BCUT2D eigenvalue weighted by Gasteiger charge is 2.47. The summed E-state index contributed by atoms with van der Waals surface area (Å²) in [6, 6.07) is 5.37. The van der Waals surface area contributed by atoms with E-state index in [1.165, 1.54) is 22.6 Å². The summed E-state index contributed by atoms with van der Waals surface area (Å²) < 4.78 is 27.4. The summed E-state index contributed by atoms with van der Waals surface area (Å²) in [5.74, 6) is -0.0419. The van der Waals surface area contributed by atoms with Crippen LogP contribution in [0, 0.1) is 0 Å². The predicted molar refractivity (Wildman–Crippen MR) is 83.8 cm³/mol. The normalized spacial score (nSPS) is 28.0. The average molecular weight is 341 g/mol. The van der Waals surface area contributed by atoms with E-state index in [1.54, 1.807) is 12.1 Å². The number of piperidine rings is 2. The minimum absolute atomic E-state index is 0.0419. The lowest BCUT2D eigenvalue weighted by molar-refractivity contribution is -0.119. The number of ketones is 1. The van der Waals surface area contributed by atoms with Gasteiger partial charge in [-0.1, -0.05) is 11.6 Å². The number of hydrogen-bond donors (Lipinski definition) is 1. The Balaban J connectivity index is 2.05. The van der Waals surface area contributed by atoms with Crippen molar-refractivity contribution in [1.82, 2.24) is 4.31 Å². The van der Waals surface area contributed by atoms with Crippen molar-refractivity contribution < 1.29 is 13.2 Å². The van der Waals surface area contributed by atoms with Gasteiger partial charge in [-0.25, -0.2) is 8.42 Å². The van der Waals surface area contributed by atoms with Crippen LogP contribution in [0.3, 0.4) is 0 Å². The van der Waals surface area contributed by atoms with Gasteiger partial charge in [-0.2, -0.15) is 4.31 Å². The van der Waals surface area contributed by atoms with E-state index in [2.05, 4.69) is 0 Å². The SMILES string of the molecule is NC=C1C(=O)CC2CCCC1N2S(=O)(=O)c1ccc(Cl)cc1. The fraction of sp³-hybridized carbons (Fsp3) is 0.400. The van der Waals surface area contributed by atoms with E-state index in [4.69, 9.17) is 17.3 Å². The van der Waals surface area contributed by atoms with E-state index < -0.39 is 16.1 Å². The molecule has 2 aliphatic heterocycles. The van der Waals surface area contributed by atoms with Crippen molar-refractivity contribution in [3.8, 4) is 0 Å². The molecule has 3 rings (SSSR count). The fourth-order valence-corrected chi connectivity index (χ4v) is 5.33. The molecule has 2 bridgehead atoms. The van der Waals surface area contributed by atoms with Crippen LogP contribution >= 0.6 is 11.6 Å². The highest BCUT2D eigenvalue weighted by atomic mass is 35.5. The van der Waals surface area contributed by atoms with Crippen LogP contribution in [0.2, 0.25) is 5.02 Å². The van der Waals surface area contributed by atoms with Gasteiger partial charge in [0.2, 0.25) is 10.0 Å². The molecule has 0 amide bonds. The first-order valence-corrected chi connectivity index (χ1v) is 9.01. The molecule has 2 N–H and O–H groups in total. The zero-order valence-electron chi connectivity index (χ0n) is 11.9. The van der Waals surface area contributed by atoms with Crippen LogP contribution in [-0.2, 0) is 14.8 Å². The minimum atomic E-state index is -3.68. The van der Waals surface area contributed by atoms with Gasteiger partial charge in [0, 0.05) is 29.3 Å². The summed E-state index contributed by atoms with van der Waals surface area (Å²) in [6.45, 7) is 0. The maximum absolute atomic E-state index is 13.0. The quantitative estimate of drug-likeness (QED) is 0.836. The van der Waals surface area contributed by atoms with E-state index in [1.807, 2.05) is 0 Å². The first-order valence-electron chi connectivity index (χ1n) is 7.19. The molecule has 0 aromatic heterocycles. The van der Waals surface area contributed by atoms with Gasteiger partial charge in [0.05, 0.1) is 10.9 Å². The number of nitrogens with two attached hydrogens (primary N) is 1. The summed E-state index contributed by atoms with van der Waals surface area (Å²) >= 11 is 5.83. The van der Waals surface area contributed by atoms with Gasteiger partial charge < -0.3 is 5.73 Å². The van der Waals surface area contributed by atoms with Crippen LogP contribution < -0.4 is 5.73 Å².